The summed E-state index contributed by atoms with van der Waals surface area (Å²) in [5.41, 5.74) is -0.0889. The molecule has 0 aromatic heterocycles. The molecule has 0 bridgehead atoms. The minimum atomic E-state index is -0.765. The molecule has 0 aliphatic rings. The van der Waals surface area contributed by atoms with Gasteiger partial charge in [0.05, 0.1) is 17.2 Å². The number of rotatable bonds is 3. The van der Waals surface area contributed by atoms with Crippen LogP contribution in [0.4, 0.5) is 4.39 Å². The fourth-order valence-corrected chi connectivity index (χ4v) is 1.52. The van der Waals surface area contributed by atoms with Crippen LogP contribution in [0.3, 0.4) is 0 Å². The highest BCUT2D eigenvalue weighted by Crippen LogP contribution is 2.25. The van der Waals surface area contributed by atoms with Crippen molar-refractivity contribution in [3.63, 3.8) is 0 Å². The molecule has 1 rings (SSSR count). The van der Waals surface area contributed by atoms with Gasteiger partial charge in [0, 0.05) is 5.56 Å². The molecule has 0 N–H and O–H groups in total. The number of methoxy groups -OCH3 is 1. The Morgan fingerprint density at radius 3 is 2.50 bits per heavy atom. The molecule has 1 aromatic carbocycles. The van der Waals surface area contributed by atoms with Gasteiger partial charge in [0.2, 0.25) is 0 Å². The third-order valence-corrected chi connectivity index (χ3v) is 2.45. The molecule has 0 saturated heterocycles. The lowest BCUT2D eigenvalue weighted by Gasteiger charge is -2.04. The van der Waals surface area contributed by atoms with E-state index >= 15 is 0 Å². The van der Waals surface area contributed by atoms with Gasteiger partial charge in [-0.1, -0.05) is 23.2 Å². The molecule has 86 valence electrons. The number of halogens is 3. The Morgan fingerprint density at radius 2 is 1.94 bits per heavy atom. The van der Waals surface area contributed by atoms with Crippen molar-refractivity contribution in [1.29, 1.82) is 0 Å². The molecule has 0 aliphatic carbocycles. The average molecular weight is 265 g/mol. The summed E-state index contributed by atoms with van der Waals surface area (Å²) in [5, 5.41) is -0.181. The van der Waals surface area contributed by atoms with Crippen molar-refractivity contribution in [3.8, 4) is 0 Å². The summed E-state index contributed by atoms with van der Waals surface area (Å²) >= 11 is 11.2. The number of carbonyl (C=O) groups is 2. The standard InChI is InChI=1S/C10H7Cl2FO3/c1-16-10(15)4-9(14)5-2-8(13)7(12)3-6(5)11/h2-3H,4H2,1H3. The van der Waals surface area contributed by atoms with Gasteiger partial charge in [0.15, 0.2) is 5.78 Å². The maximum atomic E-state index is 13.1. The normalized spacial score (nSPS) is 10.0. The molecule has 0 radical (unpaired) electrons. The van der Waals surface area contributed by atoms with Crippen molar-refractivity contribution in [2.45, 2.75) is 6.42 Å². The Balaban J connectivity index is 3.00. The van der Waals surface area contributed by atoms with Crippen molar-refractivity contribution in [2.75, 3.05) is 7.11 Å². The molecule has 0 saturated carbocycles. The fourth-order valence-electron chi connectivity index (χ4n) is 1.03. The summed E-state index contributed by atoms with van der Waals surface area (Å²) in [5.74, 6) is -2.09. The Hall–Kier alpha value is -1.13. The highest BCUT2D eigenvalue weighted by Gasteiger charge is 2.17. The van der Waals surface area contributed by atoms with Crippen LogP contribution in [0.1, 0.15) is 16.8 Å². The van der Waals surface area contributed by atoms with Gasteiger partial charge < -0.3 is 4.74 Å². The monoisotopic (exact) mass is 264 g/mol. The summed E-state index contributed by atoms with van der Waals surface area (Å²) in [7, 11) is 1.15. The highest BCUT2D eigenvalue weighted by atomic mass is 35.5. The van der Waals surface area contributed by atoms with E-state index in [1.165, 1.54) is 0 Å². The second-order valence-corrected chi connectivity index (χ2v) is 3.74. The molecule has 1 aromatic rings. The molecule has 0 amide bonds. The van der Waals surface area contributed by atoms with E-state index in [0.717, 1.165) is 19.2 Å². The minimum Gasteiger partial charge on any atom is -0.469 e. The molecule has 0 atom stereocenters. The molecule has 0 spiro atoms. The van der Waals surface area contributed by atoms with Crippen LogP contribution < -0.4 is 0 Å². The number of hydrogen-bond donors (Lipinski definition) is 0. The minimum absolute atomic E-state index is 0.000281. The van der Waals surface area contributed by atoms with E-state index in [0.29, 0.717) is 0 Å². The predicted octanol–water partition coefficient (Wildman–Crippen LogP) is 2.88. The number of esters is 1. The zero-order valence-corrected chi connectivity index (χ0v) is 9.73. The summed E-state index contributed by atoms with van der Waals surface area (Å²) in [6.07, 6.45) is -0.489. The molecule has 0 fully saturated rings. The van der Waals surface area contributed by atoms with E-state index in [4.69, 9.17) is 23.2 Å². The van der Waals surface area contributed by atoms with Gasteiger partial charge in [0.1, 0.15) is 12.2 Å². The van der Waals surface area contributed by atoms with Gasteiger partial charge in [-0.25, -0.2) is 4.39 Å². The van der Waals surface area contributed by atoms with Gasteiger partial charge in [-0.05, 0) is 12.1 Å². The molecule has 16 heavy (non-hydrogen) atoms. The molecular weight excluding hydrogens is 258 g/mol. The van der Waals surface area contributed by atoms with E-state index in [-0.39, 0.29) is 15.6 Å². The Kier molecular flexibility index (Phi) is 4.26. The Morgan fingerprint density at radius 1 is 1.31 bits per heavy atom. The number of benzene rings is 1. The predicted molar refractivity (Wildman–Crippen MR) is 57.4 cm³/mol. The average Bonchev–Trinajstić information content (AvgIpc) is 2.23. The first-order valence-electron chi connectivity index (χ1n) is 4.20. The van der Waals surface area contributed by atoms with Gasteiger partial charge in [-0.15, -0.1) is 0 Å². The van der Waals surface area contributed by atoms with Crippen molar-refractivity contribution in [2.24, 2.45) is 0 Å². The van der Waals surface area contributed by atoms with E-state index in [9.17, 15) is 14.0 Å². The van der Waals surface area contributed by atoms with E-state index in [1.54, 1.807) is 0 Å². The molecule has 0 heterocycles. The number of carbonyl (C=O) groups excluding carboxylic acids is 2. The van der Waals surface area contributed by atoms with Crippen LogP contribution in [0, 0.1) is 5.82 Å². The van der Waals surface area contributed by atoms with Gasteiger partial charge in [-0.2, -0.15) is 0 Å². The van der Waals surface area contributed by atoms with Crippen LogP contribution in [0.5, 0.6) is 0 Å². The smallest absolute Gasteiger partial charge is 0.313 e. The van der Waals surface area contributed by atoms with E-state index in [2.05, 4.69) is 4.74 Å². The number of ketones is 1. The maximum absolute atomic E-state index is 13.1. The van der Waals surface area contributed by atoms with Crippen molar-refractivity contribution >= 4 is 35.0 Å². The van der Waals surface area contributed by atoms with Crippen molar-refractivity contribution in [3.05, 3.63) is 33.6 Å². The van der Waals surface area contributed by atoms with Crippen LogP contribution in [0.25, 0.3) is 0 Å². The van der Waals surface area contributed by atoms with Crippen LogP contribution in [-0.4, -0.2) is 18.9 Å². The first-order valence-corrected chi connectivity index (χ1v) is 4.96. The first-order chi connectivity index (χ1) is 7.45. The third kappa shape index (κ3) is 2.93. The molecule has 6 heteroatoms. The van der Waals surface area contributed by atoms with Crippen molar-refractivity contribution < 1.29 is 18.7 Å². The number of Topliss-reactive ketones (excluding diaryl/α,β-unsaturated/α-hetero) is 1. The molecule has 0 unspecified atom stereocenters. The SMILES string of the molecule is COC(=O)CC(=O)c1cc(F)c(Cl)cc1Cl. The van der Waals surface area contributed by atoms with Crippen LogP contribution in [0.15, 0.2) is 12.1 Å². The molecular formula is C10H7Cl2FO3. The first kappa shape index (κ1) is 12.9. The van der Waals surface area contributed by atoms with Gasteiger partial charge >= 0.3 is 5.97 Å². The number of ether oxygens (including phenoxy) is 1. The zero-order chi connectivity index (χ0) is 12.3. The number of hydrogen-bond acceptors (Lipinski definition) is 3. The van der Waals surface area contributed by atoms with Crippen molar-refractivity contribution in [1.82, 2.24) is 0 Å². The fraction of sp³-hybridized carbons (Fsp3) is 0.200. The summed E-state index contributed by atoms with van der Waals surface area (Å²) in [6, 6.07) is 2.01. The topological polar surface area (TPSA) is 43.4 Å². The second-order valence-electron chi connectivity index (χ2n) is 2.92. The molecule has 0 aliphatic heterocycles. The lowest BCUT2D eigenvalue weighted by atomic mass is 10.1. The Labute approximate surface area is 101 Å². The largest absolute Gasteiger partial charge is 0.469 e. The zero-order valence-electron chi connectivity index (χ0n) is 8.22. The maximum Gasteiger partial charge on any atom is 0.313 e. The van der Waals surface area contributed by atoms with Gasteiger partial charge in [0.25, 0.3) is 0 Å². The third-order valence-electron chi connectivity index (χ3n) is 1.84. The summed E-state index contributed by atoms with van der Waals surface area (Å²) in [6.45, 7) is 0. The molecule has 3 nitrogen and oxygen atoms in total. The van der Waals surface area contributed by atoms with Gasteiger partial charge in [-0.3, -0.25) is 9.59 Å². The van der Waals surface area contributed by atoms with E-state index < -0.39 is 24.0 Å². The van der Waals surface area contributed by atoms with Crippen LogP contribution in [-0.2, 0) is 9.53 Å². The van der Waals surface area contributed by atoms with Crippen LogP contribution >= 0.6 is 23.2 Å². The summed E-state index contributed by atoms with van der Waals surface area (Å²) < 4.78 is 17.4. The lowest BCUT2D eigenvalue weighted by Crippen LogP contribution is -2.10. The van der Waals surface area contributed by atoms with E-state index in [1.807, 2.05) is 0 Å². The lowest BCUT2D eigenvalue weighted by molar-refractivity contribution is -0.139. The quantitative estimate of drug-likeness (QED) is 0.365. The highest BCUT2D eigenvalue weighted by molar-refractivity contribution is 6.37. The summed E-state index contributed by atoms with van der Waals surface area (Å²) in [4.78, 5) is 22.4. The second kappa shape index (κ2) is 5.27. The Bertz CT molecular complexity index is 446. The van der Waals surface area contributed by atoms with Crippen LogP contribution in [0.2, 0.25) is 10.0 Å².